The molecule has 0 radical (unpaired) electrons. The molecule has 1 atom stereocenters. The van der Waals surface area contributed by atoms with Crippen LogP contribution in [0.25, 0.3) is 0 Å². The predicted octanol–water partition coefficient (Wildman–Crippen LogP) is 2.55. The Balaban J connectivity index is 1.39. The normalized spacial score (nSPS) is 16.3. The van der Waals surface area contributed by atoms with Crippen LogP contribution >= 0.6 is 0 Å². The van der Waals surface area contributed by atoms with Crippen LogP contribution in [0.15, 0.2) is 51.8 Å². The molecule has 0 aliphatic carbocycles. The van der Waals surface area contributed by atoms with Crippen LogP contribution in [0.3, 0.4) is 0 Å². The number of nitrogens with zero attached hydrogens (tertiary/aromatic N) is 4. The van der Waals surface area contributed by atoms with E-state index in [0.29, 0.717) is 31.1 Å². The van der Waals surface area contributed by atoms with Crippen LogP contribution in [0, 0.1) is 6.92 Å². The highest BCUT2D eigenvalue weighted by Crippen LogP contribution is 2.27. The quantitative estimate of drug-likeness (QED) is 0.606. The first kappa shape index (κ1) is 20.8. The molecule has 0 N–H and O–H groups in total. The van der Waals surface area contributed by atoms with Crippen molar-refractivity contribution < 1.29 is 13.9 Å². The van der Waals surface area contributed by atoms with Crippen molar-refractivity contribution in [3.63, 3.8) is 0 Å². The van der Waals surface area contributed by atoms with Gasteiger partial charge in [0, 0.05) is 25.6 Å². The number of aryl methyl sites for hydroxylation is 1. The molecule has 1 fully saturated rings. The summed E-state index contributed by atoms with van der Waals surface area (Å²) in [4.78, 5) is 31.0. The number of carbonyl (C=O) groups excluding carboxylic acids is 1. The van der Waals surface area contributed by atoms with Crippen LogP contribution < -0.4 is 10.3 Å². The van der Waals surface area contributed by atoms with Gasteiger partial charge in [0.15, 0.2) is 5.89 Å². The monoisotopic (exact) mass is 422 g/mol. The van der Waals surface area contributed by atoms with Gasteiger partial charge in [-0.05, 0) is 43.5 Å². The molecule has 4 rings (SSSR count). The molecule has 162 valence electrons. The number of ether oxygens (including phenoxy) is 1. The fourth-order valence-corrected chi connectivity index (χ4v) is 3.84. The minimum Gasteiger partial charge on any atom is -0.497 e. The molecule has 8 nitrogen and oxygen atoms in total. The van der Waals surface area contributed by atoms with E-state index >= 15 is 0 Å². The molecule has 3 aromatic rings. The Bertz CT molecular complexity index is 1100. The van der Waals surface area contributed by atoms with Gasteiger partial charge in [-0.25, -0.2) is 9.67 Å². The fourth-order valence-electron chi connectivity index (χ4n) is 3.84. The number of carbonyl (C=O) groups is 1. The van der Waals surface area contributed by atoms with E-state index in [1.54, 1.807) is 31.2 Å². The number of rotatable bonds is 6. The molecular weight excluding hydrogens is 396 g/mol. The first-order valence-corrected chi connectivity index (χ1v) is 10.4. The Morgan fingerprint density at radius 2 is 2.03 bits per heavy atom. The van der Waals surface area contributed by atoms with Crippen molar-refractivity contribution in [3.05, 3.63) is 75.9 Å². The van der Waals surface area contributed by atoms with Crippen LogP contribution in [0.4, 0.5) is 0 Å². The zero-order chi connectivity index (χ0) is 21.8. The largest absolute Gasteiger partial charge is 0.497 e. The standard InChI is InChI=1S/C23H26N4O4/c1-16-5-10-21(28)27(25-16)15-22(29)26-11-3-4-18(14-26)23-24-13-20(31-23)12-17-6-8-19(30-2)9-7-17/h5-10,13,18H,3-4,11-12,14-15H2,1-2H3/t18-/m1/s1. The molecule has 3 heterocycles. The van der Waals surface area contributed by atoms with Gasteiger partial charge in [0.1, 0.15) is 18.1 Å². The number of piperidine rings is 1. The molecule has 1 aliphatic heterocycles. The molecule has 1 aliphatic rings. The number of amides is 1. The molecular formula is C23H26N4O4. The van der Waals surface area contributed by atoms with E-state index in [0.717, 1.165) is 29.9 Å². The molecule has 31 heavy (non-hydrogen) atoms. The van der Waals surface area contributed by atoms with Gasteiger partial charge in [0.25, 0.3) is 5.56 Å². The average Bonchev–Trinajstić information content (AvgIpc) is 3.25. The van der Waals surface area contributed by atoms with E-state index in [1.165, 1.54) is 10.7 Å². The molecule has 8 heteroatoms. The van der Waals surface area contributed by atoms with Gasteiger partial charge in [-0.3, -0.25) is 9.59 Å². The first-order chi connectivity index (χ1) is 15.0. The SMILES string of the molecule is COc1ccc(Cc2cnc([C@@H]3CCCN(C(=O)Cn4nc(C)ccc4=O)C3)o2)cc1. The van der Waals surface area contributed by atoms with Gasteiger partial charge >= 0.3 is 0 Å². The summed E-state index contributed by atoms with van der Waals surface area (Å²) in [6, 6.07) is 10.9. The van der Waals surface area contributed by atoms with E-state index in [4.69, 9.17) is 9.15 Å². The summed E-state index contributed by atoms with van der Waals surface area (Å²) in [5.41, 5.74) is 1.54. The highest BCUT2D eigenvalue weighted by Gasteiger charge is 2.28. The summed E-state index contributed by atoms with van der Waals surface area (Å²) in [5, 5.41) is 4.16. The highest BCUT2D eigenvalue weighted by atomic mass is 16.5. The maximum atomic E-state index is 12.8. The van der Waals surface area contributed by atoms with Gasteiger partial charge in [-0.1, -0.05) is 12.1 Å². The van der Waals surface area contributed by atoms with Crippen LogP contribution in [0.5, 0.6) is 5.75 Å². The third kappa shape index (κ3) is 5.02. The third-order valence-electron chi connectivity index (χ3n) is 5.52. The number of oxazole rings is 1. The third-order valence-corrected chi connectivity index (χ3v) is 5.52. The number of likely N-dealkylation sites (tertiary alicyclic amines) is 1. The fraction of sp³-hybridized carbons (Fsp3) is 0.391. The maximum Gasteiger partial charge on any atom is 0.267 e. The van der Waals surface area contributed by atoms with E-state index in [9.17, 15) is 9.59 Å². The van der Waals surface area contributed by atoms with Crippen molar-refractivity contribution in [1.82, 2.24) is 19.7 Å². The summed E-state index contributed by atoms with van der Waals surface area (Å²) < 4.78 is 12.4. The lowest BCUT2D eigenvalue weighted by atomic mass is 9.98. The molecule has 0 unspecified atom stereocenters. The zero-order valence-electron chi connectivity index (χ0n) is 17.8. The van der Waals surface area contributed by atoms with E-state index < -0.39 is 0 Å². The van der Waals surface area contributed by atoms with Crippen LogP contribution in [0.1, 0.15) is 41.7 Å². The van der Waals surface area contributed by atoms with Crippen molar-refractivity contribution in [2.75, 3.05) is 20.2 Å². The van der Waals surface area contributed by atoms with Gasteiger partial charge in [-0.15, -0.1) is 0 Å². The molecule has 2 aromatic heterocycles. The highest BCUT2D eigenvalue weighted by molar-refractivity contribution is 5.76. The second-order valence-electron chi connectivity index (χ2n) is 7.84. The van der Waals surface area contributed by atoms with Crippen LogP contribution in [0.2, 0.25) is 0 Å². The summed E-state index contributed by atoms with van der Waals surface area (Å²) >= 11 is 0. The summed E-state index contributed by atoms with van der Waals surface area (Å²) in [6.07, 6.45) is 4.18. The number of hydrogen-bond donors (Lipinski definition) is 0. The van der Waals surface area contributed by atoms with Crippen molar-refractivity contribution in [1.29, 1.82) is 0 Å². The van der Waals surface area contributed by atoms with Crippen molar-refractivity contribution in [2.45, 2.75) is 38.6 Å². The topological polar surface area (TPSA) is 90.5 Å². The minimum absolute atomic E-state index is 0.0458. The predicted molar refractivity (Wildman–Crippen MR) is 114 cm³/mol. The minimum atomic E-state index is -0.275. The van der Waals surface area contributed by atoms with E-state index in [2.05, 4.69) is 10.1 Å². The molecule has 0 saturated carbocycles. The van der Waals surface area contributed by atoms with Gasteiger partial charge in [-0.2, -0.15) is 5.10 Å². The number of aromatic nitrogens is 3. The summed E-state index contributed by atoms with van der Waals surface area (Å²) in [7, 11) is 1.64. The van der Waals surface area contributed by atoms with Crippen molar-refractivity contribution in [3.8, 4) is 5.75 Å². The first-order valence-electron chi connectivity index (χ1n) is 10.4. The lowest BCUT2D eigenvalue weighted by molar-refractivity contribution is -0.133. The van der Waals surface area contributed by atoms with E-state index in [1.807, 2.05) is 24.3 Å². The Hall–Kier alpha value is -3.42. The Morgan fingerprint density at radius 1 is 1.23 bits per heavy atom. The number of benzene rings is 1. The molecule has 1 amide bonds. The molecule has 0 bridgehead atoms. The van der Waals surface area contributed by atoms with Crippen molar-refractivity contribution >= 4 is 5.91 Å². The lowest BCUT2D eigenvalue weighted by Gasteiger charge is -2.31. The Labute approximate surface area is 180 Å². The summed E-state index contributed by atoms with van der Waals surface area (Å²) in [5.74, 6) is 2.20. The second-order valence-corrected chi connectivity index (χ2v) is 7.84. The van der Waals surface area contributed by atoms with Crippen molar-refractivity contribution in [2.24, 2.45) is 0 Å². The zero-order valence-corrected chi connectivity index (χ0v) is 17.8. The van der Waals surface area contributed by atoms with Gasteiger partial charge < -0.3 is 14.1 Å². The summed E-state index contributed by atoms with van der Waals surface area (Å²) in [6.45, 7) is 2.93. The average molecular weight is 422 g/mol. The Kier molecular flexibility index (Phi) is 6.16. The molecule has 1 saturated heterocycles. The number of methoxy groups -OCH3 is 1. The van der Waals surface area contributed by atoms with Gasteiger partial charge in [0.2, 0.25) is 5.91 Å². The molecule has 1 aromatic carbocycles. The van der Waals surface area contributed by atoms with E-state index in [-0.39, 0.29) is 23.9 Å². The maximum absolute atomic E-state index is 12.8. The second kappa shape index (κ2) is 9.16. The Morgan fingerprint density at radius 3 is 2.81 bits per heavy atom. The lowest BCUT2D eigenvalue weighted by Crippen LogP contribution is -2.42. The van der Waals surface area contributed by atoms with Crippen LogP contribution in [-0.2, 0) is 17.8 Å². The molecule has 0 spiro atoms. The smallest absolute Gasteiger partial charge is 0.267 e. The number of hydrogen-bond acceptors (Lipinski definition) is 6. The van der Waals surface area contributed by atoms with Gasteiger partial charge in [0.05, 0.1) is 24.9 Å². The van der Waals surface area contributed by atoms with Crippen LogP contribution in [-0.4, -0.2) is 45.8 Å².